The van der Waals surface area contributed by atoms with Gasteiger partial charge in [-0.25, -0.2) is 4.39 Å². The molecule has 0 aliphatic heterocycles. The Morgan fingerprint density at radius 3 is 2.39 bits per heavy atom. The van der Waals surface area contributed by atoms with Crippen molar-refractivity contribution in [1.82, 2.24) is 9.78 Å². The van der Waals surface area contributed by atoms with Gasteiger partial charge in [0.15, 0.2) is 5.82 Å². The Hall–Kier alpha value is -3.06. The molecule has 168 valence electrons. The number of nitrogens with zero attached hydrogens (tertiary/aromatic N) is 2. The molecule has 0 saturated heterocycles. The van der Waals surface area contributed by atoms with Crippen molar-refractivity contribution < 1.29 is 13.9 Å². The van der Waals surface area contributed by atoms with Gasteiger partial charge in [-0.15, -0.1) is 0 Å². The number of aromatic nitrogens is 2. The second-order valence-corrected chi connectivity index (χ2v) is 8.40. The van der Waals surface area contributed by atoms with Gasteiger partial charge < -0.3 is 10.1 Å². The van der Waals surface area contributed by atoms with Gasteiger partial charge in [0.1, 0.15) is 23.2 Å². The number of anilines is 1. The average molecular weight is 505 g/mol. The van der Waals surface area contributed by atoms with Gasteiger partial charge in [-0.1, -0.05) is 53.0 Å². The van der Waals surface area contributed by atoms with Crippen LogP contribution in [0.4, 0.5) is 10.2 Å². The summed E-state index contributed by atoms with van der Waals surface area (Å²) in [5.41, 5.74) is 2.11. The maximum Gasteiger partial charge on any atom is 0.256 e. The van der Waals surface area contributed by atoms with Crippen LogP contribution in [-0.4, -0.2) is 15.7 Å². The first-order valence-corrected chi connectivity index (χ1v) is 11.0. The van der Waals surface area contributed by atoms with Crippen LogP contribution in [-0.2, 0) is 13.2 Å². The molecule has 33 heavy (non-hydrogen) atoms. The van der Waals surface area contributed by atoms with Crippen molar-refractivity contribution in [1.29, 1.82) is 0 Å². The van der Waals surface area contributed by atoms with Gasteiger partial charge in [0.05, 0.1) is 6.54 Å². The highest BCUT2D eigenvalue weighted by molar-refractivity contribution is 6.35. The van der Waals surface area contributed by atoms with Crippen LogP contribution in [0.1, 0.15) is 21.5 Å². The first kappa shape index (κ1) is 23.1. The van der Waals surface area contributed by atoms with E-state index in [0.717, 1.165) is 11.1 Å². The molecule has 0 saturated carbocycles. The number of carbonyl (C=O) groups is 1. The Morgan fingerprint density at radius 1 is 0.970 bits per heavy atom. The standard InChI is InChI=1S/C24H17Cl3FN3O2/c25-18-6-5-17(21(26)11-18)12-31-13-22(27)23(30-31)29-24(32)16-3-1-15(2-4-16)14-33-20-9-7-19(28)8-10-20/h1-11,13H,12,14H2,(H,29,30,32). The molecule has 5 nitrogen and oxygen atoms in total. The van der Waals surface area contributed by atoms with Crippen molar-refractivity contribution in [2.75, 3.05) is 5.32 Å². The lowest BCUT2D eigenvalue weighted by atomic mass is 10.1. The van der Waals surface area contributed by atoms with E-state index < -0.39 is 0 Å². The monoisotopic (exact) mass is 503 g/mol. The topological polar surface area (TPSA) is 56.2 Å². The smallest absolute Gasteiger partial charge is 0.256 e. The maximum atomic E-state index is 13.0. The van der Waals surface area contributed by atoms with Gasteiger partial charge in [-0.3, -0.25) is 9.48 Å². The highest BCUT2D eigenvalue weighted by atomic mass is 35.5. The van der Waals surface area contributed by atoms with E-state index in [2.05, 4.69) is 10.4 Å². The van der Waals surface area contributed by atoms with E-state index in [1.807, 2.05) is 0 Å². The molecule has 4 aromatic rings. The molecule has 1 heterocycles. The molecule has 1 amide bonds. The molecule has 9 heteroatoms. The zero-order valence-corrected chi connectivity index (χ0v) is 19.3. The normalized spacial score (nSPS) is 10.8. The predicted octanol–water partition coefficient (Wildman–Crippen LogP) is 6.86. The van der Waals surface area contributed by atoms with E-state index in [4.69, 9.17) is 39.5 Å². The van der Waals surface area contributed by atoms with Crippen LogP contribution in [0.15, 0.2) is 72.9 Å². The molecule has 0 aliphatic carbocycles. The minimum atomic E-state index is -0.349. The van der Waals surface area contributed by atoms with Gasteiger partial charge in [-0.05, 0) is 59.7 Å². The van der Waals surface area contributed by atoms with Crippen molar-refractivity contribution in [2.24, 2.45) is 0 Å². The van der Waals surface area contributed by atoms with Crippen LogP contribution in [0, 0.1) is 5.82 Å². The Morgan fingerprint density at radius 2 is 1.70 bits per heavy atom. The highest BCUT2D eigenvalue weighted by Gasteiger charge is 2.13. The third-order valence-electron chi connectivity index (χ3n) is 4.73. The predicted molar refractivity (Wildman–Crippen MR) is 128 cm³/mol. The van der Waals surface area contributed by atoms with E-state index in [1.165, 1.54) is 12.1 Å². The molecule has 3 aromatic carbocycles. The van der Waals surface area contributed by atoms with E-state index in [0.29, 0.717) is 32.9 Å². The summed E-state index contributed by atoms with van der Waals surface area (Å²) in [6.45, 7) is 0.658. The second-order valence-electron chi connectivity index (χ2n) is 7.15. The van der Waals surface area contributed by atoms with Crippen molar-refractivity contribution in [3.63, 3.8) is 0 Å². The van der Waals surface area contributed by atoms with Gasteiger partial charge in [-0.2, -0.15) is 5.10 Å². The minimum absolute atomic E-state index is 0.246. The number of amides is 1. The van der Waals surface area contributed by atoms with E-state index in [1.54, 1.807) is 65.5 Å². The summed E-state index contributed by atoms with van der Waals surface area (Å²) in [4.78, 5) is 12.6. The molecule has 0 radical (unpaired) electrons. The summed E-state index contributed by atoms with van der Waals surface area (Å²) >= 11 is 18.4. The summed E-state index contributed by atoms with van der Waals surface area (Å²) in [5, 5.41) is 8.42. The van der Waals surface area contributed by atoms with Crippen molar-refractivity contribution >= 4 is 46.5 Å². The molecule has 0 spiro atoms. The summed E-state index contributed by atoms with van der Waals surface area (Å²) in [5.74, 6) is 0.132. The molecule has 0 aliphatic rings. The Kier molecular flexibility index (Phi) is 7.18. The minimum Gasteiger partial charge on any atom is -0.489 e. The molecule has 1 N–H and O–H groups in total. The van der Waals surface area contributed by atoms with Crippen LogP contribution in [0.25, 0.3) is 0 Å². The van der Waals surface area contributed by atoms with Crippen molar-refractivity contribution in [3.8, 4) is 5.75 Å². The van der Waals surface area contributed by atoms with Crippen LogP contribution in [0.3, 0.4) is 0 Å². The Bertz CT molecular complexity index is 1280. The van der Waals surface area contributed by atoms with Crippen LogP contribution in [0.2, 0.25) is 15.1 Å². The fraction of sp³-hybridized carbons (Fsp3) is 0.0833. The third-order valence-corrected chi connectivity index (χ3v) is 5.60. The van der Waals surface area contributed by atoms with Gasteiger partial charge >= 0.3 is 0 Å². The Balaban J connectivity index is 1.37. The molecular weight excluding hydrogens is 488 g/mol. The number of rotatable bonds is 7. The number of halogens is 4. The molecule has 0 atom stereocenters. The molecule has 0 unspecified atom stereocenters. The van der Waals surface area contributed by atoms with Gasteiger partial charge in [0.25, 0.3) is 5.91 Å². The largest absolute Gasteiger partial charge is 0.489 e. The number of nitrogens with one attached hydrogen (secondary N) is 1. The number of carbonyl (C=O) groups excluding carboxylic acids is 1. The fourth-order valence-corrected chi connectivity index (χ4v) is 3.68. The van der Waals surface area contributed by atoms with Crippen molar-refractivity contribution in [2.45, 2.75) is 13.2 Å². The van der Waals surface area contributed by atoms with Gasteiger partial charge in [0, 0.05) is 21.8 Å². The lowest BCUT2D eigenvalue weighted by Gasteiger charge is -2.07. The number of hydrogen-bond acceptors (Lipinski definition) is 3. The zero-order valence-electron chi connectivity index (χ0n) is 17.1. The van der Waals surface area contributed by atoms with Crippen LogP contribution < -0.4 is 10.1 Å². The molecular formula is C24H17Cl3FN3O2. The number of benzene rings is 3. The van der Waals surface area contributed by atoms with E-state index >= 15 is 0 Å². The molecule has 4 rings (SSSR count). The van der Waals surface area contributed by atoms with Crippen molar-refractivity contribution in [3.05, 3.63) is 111 Å². The van der Waals surface area contributed by atoms with E-state index in [-0.39, 0.29) is 24.1 Å². The lowest BCUT2D eigenvalue weighted by molar-refractivity contribution is 0.102. The second kappa shape index (κ2) is 10.3. The number of hydrogen-bond donors (Lipinski definition) is 1. The molecule has 0 fully saturated rings. The average Bonchev–Trinajstić information content (AvgIpc) is 3.14. The summed E-state index contributed by atoms with van der Waals surface area (Å²) in [7, 11) is 0. The van der Waals surface area contributed by atoms with E-state index in [9.17, 15) is 9.18 Å². The lowest BCUT2D eigenvalue weighted by Crippen LogP contribution is -2.13. The summed E-state index contributed by atoms with van der Waals surface area (Å²) < 4.78 is 20.2. The quantitative estimate of drug-likeness (QED) is 0.299. The first-order valence-electron chi connectivity index (χ1n) is 9.83. The number of ether oxygens (including phenoxy) is 1. The zero-order chi connectivity index (χ0) is 23.4. The Labute approximate surface area is 204 Å². The first-order chi connectivity index (χ1) is 15.9. The third kappa shape index (κ3) is 6.05. The molecule has 1 aromatic heterocycles. The summed E-state index contributed by atoms with van der Waals surface area (Å²) in [6, 6.07) is 17.9. The van der Waals surface area contributed by atoms with Crippen LogP contribution >= 0.6 is 34.8 Å². The fourth-order valence-electron chi connectivity index (χ4n) is 3.02. The SMILES string of the molecule is O=C(Nc1nn(Cc2ccc(Cl)cc2Cl)cc1Cl)c1ccc(COc2ccc(F)cc2)cc1. The highest BCUT2D eigenvalue weighted by Crippen LogP contribution is 2.25. The maximum absolute atomic E-state index is 13.0. The molecule has 0 bridgehead atoms. The van der Waals surface area contributed by atoms with Crippen LogP contribution in [0.5, 0.6) is 5.75 Å². The van der Waals surface area contributed by atoms with Gasteiger partial charge in [0.2, 0.25) is 0 Å². The summed E-state index contributed by atoms with van der Waals surface area (Å²) in [6.07, 6.45) is 1.61.